The summed E-state index contributed by atoms with van der Waals surface area (Å²) < 4.78 is 0. The fourth-order valence-electron chi connectivity index (χ4n) is 5.83. The van der Waals surface area contributed by atoms with E-state index in [1.807, 2.05) is 12.1 Å². The van der Waals surface area contributed by atoms with Crippen LogP contribution in [0.15, 0.2) is 134 Å². The summed E-state index contributed by atoms with van der Waals surface area (Å²) in [5.74, 6) is 0. The number of fused-ring (bicyclic) bond motifs is 4. The standard InChI is InChI=1S/C33H22N2/c1-3-11-24(12-4-1)33(25-13-5-2-6-14-25)29-17-9-7-15-26(29)27-20-19-23(21-30(27)33)32-28-16-8-10-18-31(28)34-22-35-32/h1-22H. The number of hydrogen-bond donors (Lipinski definition) is 0. The molecule has 1 aliphatic carbocycles. The summed E-state index contributed by atoms with van der Waals surface area (Å²) in [6, 6.07) is 45.7. The van der Waals surface area contributed by atoms with E-state index >= 15 is 0 Å². The molecule has 2 heteroatoms. The minimum Gasteiger partial charge on any atom is -0.236 e. The van der Waals surface area contributed by atoms with Crippen molar-refractivity contribution in [3.63, 3.8) is 0 Å². The molecule has 0 spiro atoms. The predicted octanol–water partition coefficient (Wildman–Crippen LogP) is 7.66. The Morgan fingerprint density at radius 2 is 1.11 bits per heavy atom. The van der Waals surface area contributed by atoms with E-state index in [1.54, 1.807) is 6.33 Å². The molecule has 5 aromatic carbocycles. The Balaban J connectivity index is 1.59. The van der Waals surface area contributed by atoms with Crippen molar-refractivity contribution in [1.82, 2.24) is 9.97 Å². The Hall–Kier alpha value is -4.56. The molecule has 1 aromatic heterocycles. The maximum absolute atomic E-state index is 4.73. The summed E-state index contributed by atoms with van der Waals surface area (Å²) in [6.07, 6.45) is 1.67. The largest absolute Gasteiger partial charge is 0.236 e. The Labute approximate surface area is 204 Å². The van der Waals surface area contributed by atoms with Gasteiger partial charge in [-0.25, -0.2) is 9.97 Å². The van der Waals surface area contributed by atoms with Crippen molar-refractivity contribution in [2.75, 3.05) is 0 Å². The van der Waals surface area contributed by atoms with E-state index in [0.29, 0.717) is 0 Å². The number of nitrogens with zero attached hydrogens (tertiary/aromatic N) is 2. The molecule has 0 atom stereocenters. The first-order valence-corrected chi connectivity index (χ1v) is 11.9. The van der Waals surface area contributed by atoms with Crippen molar-refractivity contribution in [2.45, 2.75) is 5.41 Å². The van der Waals surface area contributed by atoms with Gasteiger partial charge in [0.1, 0.15) is 6.33 Å². The topological polar surface area (TPSA) is 25.8 Å². The zero-order valence-corrected chi connectivity index (χ0v) is 19.1. The van der Waals surface area contributed by atoms with Gasteiger partial charge in [0, 0.05) is 10.9 Å². The summed E-state index contributed by atoms with van der Waals surface area (Å²) in [5.41, 5.74) is 10.3. The molecule has 0 fully saturated rings. The highest BCUT2D eigenvalue weighted by atomic mass is 14.8. The zero-order chi connectivity index (χ0) is 23.2. The van der Waals surface area contributed by atoms with Crippen LogP contribution in [0.1, 0.15) is 22.3 Å². The number of benzene rings is 5. The van der Waals surface area contributed by atoms with Gasteiger partial charge in [0.15, 0.2) is 0 Å². The SMILES string of the molecule is c1ccc(C2(c3ccccc3)c3ccccc3-c3ccc(-c4ncnc5ccccc45)cc32)cc1. The minimum atomic E-state index is -0.409. The van der Waals surface area contributed by atoms with Crippen LogP contribution in [0.5, 0.6) is 0 Å². The van der Waals surface area contributed by atoms with Crippen LogP contribution in [0.3, 0.4) is 0 Å². The van der Waals surface area contributed by atoms with Gasteiger partial charge in [0.25, 0.3) is 0 Å². The van der Waals surface area contributed by atoms with Crippen LogP contribution in [0, 0.1) is 0 Å². The Morgan fingerprint density at radius 3 is 1.89 bits per heavy atom. The number of hydrogen-bond acceptors (Lipinski definition) is 2. The third-order valence-corrected chi connectivity index (χ3v) is 7.27. The van der Waals surface area contributed by atoms with Crippen LogP contribution in [0.2, 0.25) is 0 Å². The van der Waals surface area contributed by atoms with Crippen molar-refractivity contribution in [3.8, 4) is 22.4 Å². The Kier molecular flexibility index (Phi) is 4.40. The van der Waals surface area contributed by atoms with Crippen LogP contribution >= 0.6 is 0 Å². The molecular formula is C33H22N2. The van der Waals surface area contributed by atoms with E-state index in [9.17, 15) is 0 Å². The maximum Gasteiger partial charge on any atom is 0.116 e. The number of rotatable bonds is 3. The van der Waals surface area contributed by atoms with E-state index in [1.165, 1.54) is 33.4 Å². The van der Waals surface area contributed by atoms with Gasteiger partial charge in [0.2, 0.25) is 0 Å². The molecule has 1 heterocycles. The molecule has 0 radical (unpaired) electrons. The predicted molar refractivity (Wildman–Crippen MR) is 142 cm³/mol. The molecule has 0 aliphatic heterocycles. The van der Waals surface area contributed by atoms with Crippen molar-refractivity contribution in [1.29, 1.82) is 0 Å². The lowest BCUT2D eigenvalue weighted by Gasteiger charge is -2.34. The average Bonchev–Trinajstić information content (AvgIpc) is 3.24. The summed E-state index contributed by atoms with van der Waals surface area (Å²) in [6.45, 7) is 0. The first kappa shape index (κ1) is 19.9. The first-order chi connectivity index (χ1) is 17.4. The van der Waals surface area contributed by atoms with Crippen molar-refractivity contribution in [3.05, 3.63) is 156 Å². The molecular weight excluding hydrogens is 424 g/mol. The zero-order valence-electron chi connectivity index (χ0n) is 19.1. The highest BCUT2D eigenvalue weighted by Crippen LogP contribution is 2.56. The lowest BCUT2D eigenvalue weighted by molar-refractivity contribution is 0.768. The molecule has 0 unspecified atom stereocenters. The second-order valence-corrected chi connectivity index (χ2v) is 9.03. The van der Waals surface area contributed by atoms with E-state index in [-0.39, 0.29) is 0 Å². The molecule has 6 aromatic rings. The molecule has 2 nitrogen and oxygen atoms in total. The van der Waals surface area contributed by atoms with E-state index in [0.717, 1.165) is 22.2 Å². The van der Waals surface area contributed by atoms with Crippen molar-refractivity contribution in [2.24, 2.45) is 0 Å². The van der Waals surface area contributed by atoms with Gasteiger partial charge in [-0.3, -0.25) is 0 Å². The minimum absolute atomic E-state index is 0.409. The highest BCUT2D eigenvalue weighted by molar-refractivity contribution is 5.94. The van der Waals surface area contributed by atoms with Gasteiger partial charge in [-0.1, -0.05) is 115 Å². The summed E-state index contributed by atoms with van der Waals surface area (Å²) in [4.78, 5) is 9.22. The van der Waals surface area contributed by atoms with Crippen LogP contribution < -0.4 is 0 Å². The fraction of sp³-hybridized carbons (Fsp3) is 0.0303. The van der Waals surface area contributed by atoms with E-state index in [2.05, 4.69) is 120 Å². The van der Waals surface area contributed by atoms with Crippen molar-refractivity contribution >= 4 is 10.9 Å². The molecule has 164 valence electrons. The summed E-state index contributed by atoms with van der Waals surface area (Å²) >= 11 is 0. The third kappa shape index (κ3) is 2.83. The van der Waals surface area contributed by atoms with E-state index < -0.39 is 5.41 Å². The van der Waals surface area contributed by atoms with Gasteiger partial charge < -0.3 is 0 Å². The lowest BCUT2D eigenvalue weighted by atomic mass is 9.67. The normalized spacial score (nSPS) is 13.4. The first-order valence-electron chi connectivity index (χ1n) is 11.9. The van der Waals surface area contributed by atoms with Gasteiger partial charge in [-0.05, 0) is 45.5 Å². The molecule has 1 aliphatic rings. The van der Waals surface area contributed by atoms with Crippen LogP contribution in [0.4, 0.5) is 0 Å². The summed E-state index contributed by atoms with van der Waals surface area (Å²) in [5, 5.41) is 1.07. The molecule has 0 saturated heterocycles. The molecule has 35 heavy (non-hydrogen) atoms. The second kappa shape index (κ2) is 7.75. The molecule has 7 rings (SSSR count). The van der Waals surface area contributed by atoms with Crippen LogP contribution in [0.25, 0.3) is 33.3 Å². The third-order valence-electron chi connectivity index (χ3n) is 7.27. The Morgan fingerprint density at radius 1 is 0.486 bits per heavy atom. The molecule has 0 N–H and O–H groups in total. The molecule has 0 amide bonds. The summed E-state index contributed by atoms with van der Waals surface area (Å²) in [7, 11) is 0. The fourth-order valence-corrected chi connectivity index (χ4v) is 5.83. The van der Waals surface area contributed by atoms with Crippen LogP contribution in [-0.2, 0) is 5.41 Å². The van der Waals surface area contributed by atoms with Gasteiger partial charge in [0.05, 0.1) is 16.6 Å². The molecule has 0 bridgehead atoms. The van der Waals surface area contributed by atoms with Crippen molar-refractivity contribution < 1.29 is 0 Å². The average molecular weight is 447 g/mol. The second-order valence-electron chi connectivity index (χ2n) is 9.03. The Bertz CT molecular complexity index is 1640. The highest BCUT2D eigenvalue weighted by Gasteiger charge is 2.46. The number of para-hydroxylation sites is 1. The van der Waals surface area contributed by atoms with Crippen LogP contribution in [-0.4, -0.2) is 9.97 Å². The number of aromatic nitrogens is 2. The van der Waals surface area contributed by atoms with Gasteiger partial charge in [-0.15, -0.1) is 0 Å². The van der Waals surface area contributed by atoms with Gasteiger partial charge >= 0.3 is 0 Å². The smallest absolute Gasteiger partial charge is 0.116 e. The quantitative estimate of drug-likeness (QED) is 0.278. The van der Waals surface area contributed by atoms with E-state index in [4.69, 9.17) is 4.98 Å². The van der Waals surface area contributed by atoms with Gasteiger partial charge in [-0.2, -0.15) is 0 Å². The lowest BCUT2D eigenvalue weighted by Crippen LogP contribution is -2.28. The maximum atomic E-state index is 4.73. The monoisotopic (exact) mass is 446 g/mol. The molecule has 0 saturated carbocycles.